The molecule has 0 spiro atoms. The molecule has 0 aromatic carbocycles. The van der Waals surface area contributed by atoms with Crippen molar-refractivity contribution in [3.8, 4) is 0 Å². The van der Waals surface area contributed by atoms with Crippen LogP contribution in [0.1, 0.15) is 25.2 Å². The van der Waals surface area contributed by atoms with Gasteiger partial charge in [-0.05, 0) is 0 Å². The first kappa shape index (κ1) is 40.3. The number of rotatable bonds is 9. The molecular formula is C10H14I18N4-2. The zero-order chi connectivity index (χ0) is 24.8. The maximum absolute atomic E-state index is 5.31. The molecule has 0 aliphatic carbocycles. The van der Waals surface area contributed by atoms with Gasteiger partial charge in [0.1, 0.15) is 0 Å². The van der Waals surface area contributed by atoms with Crippen LogP contribution in [0.15, 0.2) is 0 Å². The van der Waals surface area contributed by atoms with Crippen LogP contribution in [-0.2, 0) is 1.55 Å². The third-order valence-corrected chi connectivity index (χ3v) is 432. The van der Waals surface area contributed by atoms with E-state index >= 15 is 0 Å². The molecule has 1 N–H and O–H groups in total. The van der Waals surface area contributed by atoms with E-state index in [1.54, 1.807) is 0 Å². The average Bonchev–Trinajstić information content (AvgIpc) is 3.04. The van der Waals surface area contributed by atoms with E-state index < -0.39 is 63.3 Å². The van der Waals surface area contributed by atoms with Gasteiger partial charge in [0.2, 0.25) is 0 Å². The van der Waals surface area contributed by atoms with E-state index in [1.807, 2.05) is 0 Å². The molecular weight excluding hydrogens is 2460 g/mol. The summed E-state index contributed by atoms with van der Waals surface area (Å²) in [6.07, 6.45) is 0. The van der Waals surface area contributed by atoms with Crippen LogP contribution in [0.5, 0.6) is 0 Å². The van der Waals surface area contributed by atoms with Crippen molar-refractivity contribution in [3.63, 3.8) is 0 Å². The van der Waals surface area contributed by atoms with Crippen LogP contribution in [0.25, 0.3) is 0 Å². The monoisotopic (exact) mass is 2470 g/mol. The van der Waals surface area contributed by atoms with Gasteiger partial charge < -0.3 is 0 Å². The normalized spacial score (nSPS) is 26.3. The number of hydrogen-bond donors (Lipinski definition) is 1. The molecule has 0 saturated carbocycles. The predicted octanol–water partition coefficient (Wildman–Crippen LogP) is 8.87. The molecule has 22 heteroatoms. The Hall–Kier alpha value is 12.1. The quantitative estimate of drug-likeness (QED) is 0.153. The summed E-state index contributed by atoms with van der Waals surface area (Å²) < 4.78 is 3.91. The molecule has 1 aliphatic heterocycles. The summed E-state index contributed by atoms with van der Waals surface area (Å²) >= 11 is 25.6. The van der Waals surface area contributed by atoms with Crippen molar-refractivity contribution in [1.82, 2.24) is 15.0 Å². The fraction of sp³-hybridized carbons (Fsp3) is 0.700. The van der Waals surface area contributed by atoms with E-state index in [9.17, 15) is 0 Å². The van der Waals surface area contributed by atoms with Crippen molar-refractivity contribution in [2.75, 3.05) is 5.01 Å². The minimum atomic E-state index is -1.32. The Balaban J connectivity index is 3.19. The summed E-state index contributed by atoms with van der Waals surface area (Å²) in [5.41, 5.74) is 7.29. The topological polar surface area (TPSA) is 33.1 Å². The molecule has 2 atom stereocenters. The summed E-state index contributed by atoms with van der Waals surface area (Å²) in [6.45, 7) is 9.42. The Morgan fingerprint density at radius 2 is 1.50 bits per heavy atom. The number of hydrogen-bond acceptors (Lipinski definition) is 3. The number of aryl methyl sites for hydroxylation is 1. The maximum atomic E-state index is 5.31. The molecule has 1 aliphatic rings. The van der Waals surface area contributed by atoms with Gasteiger partial charge in [-0.3, -0.25) is 0 Å². The van der Waals surface area contributed by atoms with Crippen LogP contribution in [-0.4, -0.2) is 17.1 Å². The molecule has 4 nitrogen and oxygen atoms in total. The molecule has 32 heavy (non-hydrogen) atoms. The Morgan fingerprint density at radius 3 is 1.91 bits per heavy atom. The molecule has 1 aromatic heterocycles. The van der Waals surface area contributed by atoms with Gasteiger partial charge >= 0.3 is 350 Å². The van der Waals surface area contributed by atoms with Crippen LogP contribution >= 0.6 is 249 Å². The summed E-state index contributed by atoms with van der Waals surface area (Å²) in [6, 6.07) is 0.428. The first-order valence-corrected chi connectivity index (χ1v) is 99.8. The van der Waals surface area contributed by atoms with Crippen LogP contribution in [0.4, 0.5) is 5.95 Å². The Bertz CT molecular complexity index is 790. The standard InChI is InChI=1S/C10H14I18N4/c1-5(2)32-8-29-6(3)7(4)31(8)10(25(16)27(18)19,26(17)28(20)22-12)9(30-32,23(13)14)24(15)21-11/h5,30H,1-4H3/q-2. The zero-order valence-corrected chi connectivity index (χ0v) is 54.6. The SMILES string of the molecule is Cc1nc2n(c1C)C(I(I)I(I)I)(I(I)I(I)[I-]I)C(I(I)I)(I(I)[I-]I)NN2C(C)C. The van der Waals surface area contributed by atoms with Crippen molar-refractivity contribution in [2.24, 2.45) is 0 Å². The van der Waals surface area contributed by atoms with E-state index in [-0.39, 0.29) is 13.3 Å². The van der Waals surface area contributed by atoms with Crippen molar-refractivity contribution >= 4 is 255 Å². The number of imidazole rings is 1. The van der Waals surface area contributed by atoms with Gasteiger partial charge in [0.05, 0.1) is 0 Å². The van der Waals surface area contributed by atoms with Gasteiger partial charge in [0.25, 0.3) is 0 Å². The number of fused-ring (bicyclic) bond motifs is 1. The second-order valence-electron chi connectivity index (χ2n) is 5.83. The third-order valence-electron chi connectivity index (χ3n) is 4.03. The number of nitrogens with one attached hydrogen (secondary N) is 1. The van der Waals surface area contributed by atoms with E-state index in [2.05, 4.69) is 229 Å². The average molecular weight is 2470 g/mol. The Morgan fingerprint density at radius 1 is 0.938 bits per heavy atom. The first-order valence-electron chi connectivity index (χ1n) is 7.48. The van der Waals surface area contributed by atoms with Crippen molar-refractivity contribution in [1.29, 1.82) is 0 Å². The summed E-state index contributed by atoms with van der Waals surface area (Å²) in [5, 5.41) is 2.55. The minimum absolute atomic E-state index is 0.247. The molecule has 0 amide bonds. The molecule has 1 aromatic rings. The molecule has 2 heterocycles. The van der Waals surface area contributed by atoms with Gasteiger partial charge in [-0.25, -0.2) is 0 Å². The predicted molar refractivity (Wildman–Crippen MR) is 277 cm³/mol. The third kappa shape index (κ3) is 8.39. The van der Waals surface area contributed by atoms with Gasteiger partial charge in [0, 0.05) is 0 Å². The van der Waals surface area contributed by atoms with E-state index in [4.69, 9.17) is 4.98 Å². The van der Waals surface area contributed by atoms with Crippen molar-refractivity contribution in [2.45, 2.75) is 36.8 Å². The van der Waals surface area contributed by atoms with Crippen LogP contribution in [0, 0.1) is 13.8 Å². The van der Waals surface area contributed by atoms with Crippen LogP contribution in [0.2, 0.25) is 0 Å². The number of alkyl halides is 4. The number of aromatic nitrogens is 2. The van der Waals surface area contributed by atoms with E-state index in [0.717, 1.165) is 0 Å². The summed E-state index contributed by atoms with van der Waals surface area (Å²) in [4.78, 5) is 5.31. The number of halogens is 18. The molecule has 0 bridgehead atoms. The molecule has 0 fully saturated rings. The Kier molecular flexibility index (Phi) is 23.4. The van der Waals surface area contributed by atoms with E-state index in [0.29, 0.717) is 22.4 Å². The van der Waals surface area contributed by atoms with Gasteiger partial charge in [-0.1, -0.05) is 0 Å². The summed E-state index contributed by atoms with van der Waals surface area (Å²) in [5.74, 6) is 1.28. The number of anilines is 1. The fourth-order valence-electron chi connectivity index (χ4n) is 2.68. The van der Waals surface area contributed by atoms with Crippen molar-refractivity contribution in [3.05, 3.63) is 11.4 Å². The van der Waals surface area contributed by atoms with Gasteiger partial charge in [-0.15, -0.1) is 0 Å². The Labute approximate surface area is 336 Å². The first-order chi connectivity index (χ1) is 14.8. The molecule has 0 radical (unpaired) electrons. The van der Waals surface area contributed by atoms with Crippen LogP contribution < -0.4 is 36.9 Å². The molecule has 2 rings (SSSR count). The zero-order valence-electron chi connectivity index (χ0n) is 15.7. The number of nitrogens with zero attached hydrogens (tertiary/aromatic N) is 3. The summed E-state index contributed by atoms with van der Waals surface area (Å²) in [7, 11) is -1.92. The number of hydrazine groups is 1. The second kappa shape index (κ2) is 18.6. The van der Waals surface area contributed by atoms with Crippen LogP contribution in [0.3, 0.4) is 0 Å². The molecule has 2 unspecified atom stereocenters. The van der Waals surface area contributed by atoms with Gasteiger partial charge in [0.15, 0.2) is 0 Å². The van der Waals surface area contributed by atoms with Gasteiger partial charge in [-0.2, -0.15) is 0 Å². The van der Waals surface area contributed by atoms with Crippen molar-refractivity contribution < 1.29 is 26.5 Å². The second-order valence-corrected chi connectivity index (χ2v) is 236. The fourth-order valence-corrected chi connectivity index (χ4v) is 517. The molecule has 0 saturated heterocycles. The van der Waals surface area contributed by atoms with E-state index in [1.165, 1.54) is 17.3 Å². The molecule has 202 valence electrons.